The van der Waals surface area contributed by atoms with Crippen molar-refractivity contribution in [3.63, 3.8) is 0 Å². The lowest BCUT2D eigenvalue weighted by Crippen LogP contribution is -1.92. The summed E-state index contributed by atoms with van der Waals surface area (Å²) in [6, 6.07) is 7.38. The molecule has 0 saturated carbocycles. The minimum Gasteiger partial charge on any atom is -0.437 e. The molecule has 0 fully saturated rings. The number of halogens is 1. The molecule has 82 valence electrons. The first-order valence-corrected chi connectivity index (χ1v) is 5.43. The van der Waals surface area contributed by atoms with Crippen molar-refractivity contribution < 1.29 is 4.74 Å². The lowest BCUT2D eigenvalue weighted by molar-refractivity contribution is 0.456. The molecule has 16 heavy (non-hydrogen) atoms. The highest BCUT2D eigenvalue weighted by atomic mass is 35.5. The quantitative estimate of drug-likeness (QED) is 0.765. The first-order valence-electron chi connectivity index (χ1n) is 4.90. The molecule has 0 aliphatic heterocycles. The van der Waals surface area contributed by atoms with Crippen molar-refractivity contribution in [1.29, 1.82) is 0 Å². The third-order valence-corrected chi connectivity index (χ3v) is 2.43. The van der Waals surface area contributed by atoms with Gasteiger partial charge in [-0.1, -0.05) is 6.07 Å². The predicted molar refractivity (Wildman–Crippen MR) is 62.8 cm³/mol. The first kappa shape index (κ1) is 10.9. The minimum atomic E-state index is 0.458. The monoisotopic (exact) mass is 234 g/mol. The van der Waals surface area contributed by atoms with Gasteiger partial charge in [0.2, 0.25) is 5.88 Å². The second-order valence-corrected chi connectivity index (χ2v) is 3.59. The number of ether oxygens (including phenoxy) is 1. The van der Waals surface area contributed by atoms with Crippen molar-refractivity contribution >= 4 is 11.6 Å². The molecular weight excluding hydrogens is 224 g/mol. The van der Waals surface area contributed by atoms with Crippen molar-refractivity contribution in [2.24, 2.45) is 0 Å². The maximum atomic E-state index is 5.67. The van der Waals surface area contributed by atoms with E-state index in [2.05, 4.69) is 9.97 Å². The van der Waals surface area contributed by atoms with Gasteiger partial charge in [-0.2, -0.15) is 0 Å². The second kappa shape index (κ2) is 4.94. The molecule has 0 unspecified atom stereocenters. The molecule has 3 nitrogen and oxygen atoms in total. The summed E-state index contributed by atoms with van der Waals surface area (Å²) in [4.78, 5) is 8.29. The molecular formula is C12H11ClN2O. The molecule has 0 spiro atoms. The van der Waals surface area contributed by atoms with Gasteiger partial charge in [0.15, 0.2) is 5.75 Å². The van der Waals surface area contributed by atoms with Gasteiger partial charge in [-0.05, 0) is 24.6 Å². The van der Waals surface area contributed by atoms with Crippen molar-refractivity contribution in [2.75, 3.05) is 0 Å². The van der Waals surface area contributed by atoms with E-state index in [9.17, 15) is 0 Å². The molecule has 0 aromatic carbocycles. The summed E-state index contributed by atoms with van der Waals surface area (Å²) in [5, 5.41) is 0. The van der Waals surface area contributed by atoms with Crippen LogP contribution >= 0.6 is 11.6 Å². The Labute approximate surface area is 99.1 Å². The SMILES string of the molecule is Cc1ncccc1Oc1ccc(CCl)cn1. The fourth-order valence-electron chi connectivity index (χ4n) is 1.24. The summed E-state index contributed by atoms with van der Waals surface area (Å²) in [6.07, 6.45) is 3.43. The van der Waals surface area contributed by atoms with Gasteiger partial charge in [0.1, 0.15) is 0 Å². The summed E-state index contributed by atoms with van der Waals surface area (Å²) in [7, 11) is 0. The molecule has 2 aromatic heterocycles. The fourth-order valence-corrected chi connectivity index (χ4v) is 1.40. The van der Waals surface area contributed by atoms with E-state index in [-0.39, 0.29) is 0 Å². The molecule has 0 N–H and O–H groups in total. The average molecular weight is 235 g/mol. The summed E-state index contributed by atoms with van der Waals surface area (Å²) >= 11 is 5.67. The van der Waals surface area contributed by atoms with E-state index in [1.54, 1.807) is 18.5 Å². The van der Waals surface area contributed by atoms with Gasteiger partial charge in [-0.3, -0.25) is 4.98 Å². The van der Waals surface area contributed by atoms with Crippen LogP contribution in [0.2, 0.25) is 0 Å². The van der Waals surface area contributed by atoms with E-state index in [1.807, 2.05) is 25.1 Å². The summed E-state index contributed by atoms with van der Waals surface area (Å²) in [5.74, 6) is 1.72. The van der Waals surface area contributed by atoms with Crippen LogP contribution in [-0.2, 0) is 5.88 Å². The molecule has 0 saturated heterocycles. The summed E-state index contributed by atoms with van der Waals surface area (Å²) in [5.41, 5.74) is 1.81. The Hall–Kier alpha value is -1.61. The molecule has 2 rings (SSSR count). The van der Waals surface area contributed by atoms with E-state index in [1.165, 1.54) is 0 Å². The van der Waals surface area contributed by atoms with Crippen molar-refractivity contribution in [1.82, 2.24) is 9.97 Å². The standard InChI is InChI=1S/C12H11ClN2O/c1-9-11(3-2-6-14-9)16-12-5-4-10(7-13)8-15-12/h2-6,8H,7H2,1H3. The topological polar surface area (TPSA) is 35.0 Å². The minimum absolute atomic E-state index is 0.458. The third kappa shape index (κ3) is 2.49. The predicted octanol–water partition coefficient (Wildman–Crippen LogP) is 3.32. The van der Waals surface area contributed by atoms with Crippen LogP contribution in [-0.4, -0.2) is 9.97 Å². The maximum absolute atomic E-state index is 5.67. The van der Waals surface area contributed by atoms with Gasteiger partial charge in [-0.25, -0.2) is 4.98 Å². The Morgan fingerprint density at radius 3 is 2.75 bits per heavy atom. The molecule has 4 heteroatoms. The first-order chi connectivity index (χ1) is 7.79. The van der Waals surface area contributed by atoms with Gasteiger partial charge < -0.3 is 4.74 Å². The number of hydrogen-bond donors (Lipinski definition) is 0. The molecule has 0 radical (unpaired) electrons. The number of hydrogen-bond acceptors (Lipinski definition) is 3. The van der Waals surface area contributed by atoms with E-state index in [0.717, 1.165) is 11.3 Å². The van der Waals surface area contributed by atoms with Crippen LogP contribution in [0.15, 0.2) is 36.7 Å². The largest absolute Gasteiger partial charge is 0.437 e. The Morgan fingerprint density at radius 2 is 2.12 bits per heavy atom. The van der Waals surface area contributed by atoms with Crippen molar-refractivity contribution in [3.8, 4) is 11.6 Å². The van der Waals surface area contributed by atoms with Gasteiger partial charge in [0.25, 0.3) is 0 Å². The van der Waals surface area contributed by atoms with Gasteiger partial charge in [-0.15, -0.1) is 11.6 Å². The van der Waals surface area contributed by atoms with Gasteiger partial charge in [0, 0.05) is 24.3 Å². The molecule has 0 aliphatic rings. The van der Waals surface area contributed by atoms with Crippen molar-refractivity contribution in [3.05, 3.63) is 47.9 Å². The van der Waals surface area contributed by atoms with E-state index in [4.69, 9.17) is 16.3 Å². The molecule has 0 aliphatic carbocycles. The Bertz CT molecular complexity index is 471. The molecule has 0 bridgehead atoms. The van der Waals surface area contributed by atoms with Crippen LogP contribution in [0, 0.1) is 6.92 Å². The van der Waals surface area contributed by atoms with E-state index in [0.29, 0.717) is 17.5 Å². The Kier molecular flexibility index (Phi) is 3.37. The smallest absolute Gasteiger partial charge is 0.219 e. The average Bonchev–Trinajstić information content (AvgIpc) is 2.33. The van der Waals surface area contributed by atoms with Crippen LogP contribution in [0.4, 0.5) is 0 Å². The zero-order chi connectivity index (χ0) is 11.4. The molecule has 0 atom stereocenters. The highest BCUT2D eigenvalue weighted by molar-refractivity contribution is 6.17. The maximum Gasteiger partial charge on any atom is 0.219 e. The van der Waals surface area contributed by atoms with Crippen LogP contribution in [0.1, 0.15) is 11.3 Å². The van der Waals surface area contributed by atoms with Crippen LogP contribution in [0.3, 0.4) is 0 Å². The molecule has 2 heterocycles. The summed E-state index contributed by atoms with van der Waals surface area (Å²) < 4.78 is 5.59. The van der Waals surface area contributed by atoms with Crippen LogP contribution in [0.25, 0.3) is 0 Å². The number of rotatable bonds is 3. The molecule has 0 amide bonds. The number of pyridine rings is 2. The molecule has 2 aromatic rings. The zero-order valence-corrected chi connectivity index (χ0v) is 9.61. The zero-order valence-electron chi connectivity index (χ0n) is 8.85. The van der Waals surface area contributed by atoms with E-state index >= 15 is 0 Å². The second-order valence-electron chi connectivity index (χ2n) is 3.33. The summed E-state index contributed by atoms with van der Waals surface area (Å²) in [6.45, 7) is 1.89. The van der Waals surface area contributed by atoms with Crippen molar-refractivity contribution in [2.45, 2.75) is 12.8 Å². The van der Waals surface area contributed by atoms with Gasteiger partial charge >= 0.3 is 0 Å². The number of aromatic nitrogens is 2. The lowest BCUT2D eigenvalue weighted by atomic mass is 10.3. The third-order valence-electron chi connectivity index (χ3n) is 2.12. The van der Waals surface area contributed by atoms with Crippen LogP contribution < -0.4 is 4.74 Å². The Morgan fingerprint density at radius 1 is 1.25 bits per heavy atom. The number of nitrogens with zero attached hydrogens (tertiary/aromatic N) is 2. The fraction of sp³-hybridized carbons (Fsp3) is 0.167. The lowest BCUT2D eigenvalue weighted by Gasteiger charge is -2.06. The highest BCUT2D eigenvalue weighted by Gasteiger charge is 2.02. The highest BCUT2D eigenvalue weighted by Crippen LogP contribution is 2.21. The van der Waals surface area contributed by atoms with Crippen LogP contribution in [0.5, 0.6) is 11.6 Å². The number of alkyl halides is 1. The van der Waals surface area contributed by atoms with E-state index < -0.39 is 0 Å². The Balaban J connectivity index is 2.18. The number of aryl methyl sites for hydroxylation is 1. The normalized spacial score (nSPS) is 10.1. The van der Waals surface area contributed by atoms with Gasteiger partial charge in [0.05, 0.1) is 5.69 Å².